The number of rotatable bonds is 3. The first-order chi connectivity index (χ1) is 9.60. The molecule has 3 rings (SSSR count). The second kappa shape index (κ2) is 4.76. The fraction of sp³-hybridized carbons (Fsp3) is 0.333. The van der Waals surface area contributed by atoms with Gasteiger partial charge in [-0.1, -0.05) is 6.07 Å². The summed E-state index contributed by atoms with van der Waals surface area (Å²) >= 11 is 0. The molecule has 0 bridgehead atoms. The van der Waals surface area contributed by atoms with Gasteiger partial charge in [0.1, 0.15) is 5.82 Å². The van der Waals surface area contributed by atoms with E-state index in [9.17, 15) is 0 Å². The van der Waals surface area contributed by atoms with Crippen molar-refractivity contribution < 1.29 is 0 Å². The van der Waals surface area contributed by atoms with E-state index in [-0.39, 0.29) is 6.04 Å². The van der Waals surface area contributed by atoms with Crippen LogP contribution in [0, 0.1) is 6.92 Å². The Balaban J connectivity index is 2.15. The standard InChI is InChI=1S/C15H19N5/c1-4-20-13-6-5-10(2)7-12(13)18-15(20)14(16)11-8-17-19(3)9-11/h5-9,14H,4,16H2,1-3H3. The van der Waals surface area contributed by atoms with Crippen LogP contribution in [0.1, 0.15) is 29.9 Å². The van der Waals surface area contributed by atoms with Crippen LogP contribution in [0.2, 0.25) is 0 Å². The van der Waals surface area contributed by atoms with Gasteiger partial charge in [-0.15, -0.1) is 0 Å². The lowest BCUT2D eigenvalue weighted by Gasteiger charge is -2.11. The number of imidazole rings is 1. The van der Waals surface area contributed by atoms with Crippen LogP contribution < -0.4 is 5.73 Å². The molecule has 20 heavy (non-hydrogen) atoms. The first-order valence-electron chi connectivity index (χ1n) is 6.81. The second-order valence-electron chi connectivity index (χ2n) is 5.13. The van der Waals surface area contributed by atoms with Gasteiger partial charge < -0.3 is 10.3 Å². The van der Waals surface area contributed by atoms with Gasteiger partial charge in [0.25, 0.3) is 0 Å². The molecule has 0 radical (unpaired) electrons. The lowest BCUT2D eigenvalue weighted by Crippen LogP contribution is -2.17. The van der Waals surface area contributed by atoms with Gasteiger partial charge in [-0.2, -0.15) is 5.10 Å². The molecule has 0 aliphatic heterocycles. The third-order valence-corrected chi connectivity index (χ3v) is 3.61. The molecule has 1 aromatic carbocycles. The summed E-state index contributed by atoms with van der Waals surface area (Å²) in [7, 11) is 1.89. The topological polar surface area (TPSA) is 61.7 Å². The maximum atomic E-state index is 6.37. The number of nitrogens with zero attached hydrogens (tertiary/aromatic N) is 4. The normalized spacial score (nSPS) is 13.0. The van der Waals surface area contributed by atoms with Crippen LogP contribution in [0.25, 0.3) is 11.0 Å². The quantitative estimate of drug-likeness (QED) is 0.792. The minimum absolute atomic E-state index is 0.253. The first kappa shape index (κ1) is 12.9. The van der Waals surface area contributed by atoms with Crippen molar-refractivity contribution in [3.8, 4) is 0 Å². The van der Waals surface area contributed by atoms with E-state index in [4.69, 9.17) is 10.7 Å². The van der Waals surface area contributed by atoms with Crippen molar-refractivity contribution >= 4 is 11.0 Å². The van der Waals surface area contributed by atoms with Crippen LogP contribution in [0.4, 0.5) is 0 Å². The second-order valence-corrected chi connectivity index (χ2v) is 5.13. The highest BCUT2D eigenvalue weighted by molar-refractivity contribution is 5.77. The Kier molecular flexibility index (Phi) is 3.06. The minimum atomic E-state index is -0.253. The number of benzene rings is 1. The van der Waals surface area contributed by atoms with E-state index < -0.39 is 0 Å². The van der Waals surface area contributed by atoms with Crippen molar-refractivity contribution in [1.82, 2.24) is 19.3 Å². The highest BCUT2D eigenvalue weighted by Gasteiger charge is 2.19. The number of aryl methyl sites for hydroxylation is 3. The van der Waals surface area contributed by atoms with Gasteiger partial charge in [0.2, 0.25) is 0 Å². The fourth-order valence-electron chi connectivity index (χ4n) is 2.58. The summed E-state index contributed by atoms with van der Waals surface area (Å²) in [6.45, 7) is 5.04. The van der Waals surface area contributed by atoms with Gasteiger partial charge in [0, 0.05) is 25.4 Å². The van der Waals surface area contributed by atoms with Crippen molar-refractivity contribution in [2.24, 2.45) is 12.8 Å². The molecule has 104 valence electrons. The molecule has 2 heterocycles. The summed E-state index contributed by atoms with van der Waals surface area (Å²) in [5.74, 6) is 0.890. The molecule has 0 amide bonds. The molecular formula is C15H19N5. The summed E-state index contributed by atoms with van der Waals surface area (Å²) in [5, 5.41) is 4.19. The van der Waals surface area contributed by atoms with Crippen LogP contribution in [0.3, 0.4) is 0 Å². The van der Waals surface area contributed by atoms with Crippen molar-refractivity contribution in [3.63, 3.8) is 0 Å². The molecule has 3 aromatic rings. The summed E-state index contributed by atoms with van der Waals surface area (Å²) in [4.78, 5) is 4.73. The largest absolute Gasteiger partial charge is 0.327 e. The number of nitrogens with two attached hydrogens (primary N) is 1. The molecule has 2 N–H and O–H groups in total. The Hall–Kier alpha value is -2.14. The van der Waals surface area contributed by atoms with E-state index >= 15 is 0 Å². The van der Waals surface area contributed by atoms with E-state index in [0.29, 0.717) is 0 Å². The van der Waals surface area contributed by atoms with Crippen molar-refractivity contribution in [2.75, 3.05) is 0 Å². The van der Waals surface area contributed by atoms with Crippen molar-refractivity contribution in [1.29, 1.82) is 0 Å². The van der Waals surface area contributed by atoms with Gasteiger partial charge in [-0.3, -0.25) is 4.68 Å². The number of fused-ring (bicyclic) bond motifs is 1. The zero-order valence-electron chi connectivity index (χ0n) is 12.0. The number of hydrogen-bond donors (Lipinski definition) is 1. The molecule has 0 saturated heterocycles. The lowest BCUT2D eigenvalue weighted by atomic mass is 10.1. The third-order valence-electron chi connectivity index (χ3n) is 3.61. The Labute approximate surface area is 118 Å². The molecule has 2 aromatic heterocycles. The van der Waals surface area contributed by atoms with Gasteiger partial charge in [-0.05, 0) is 31.5 Å². The molecule has 0 spiro atoms. The van der Waals surface area contributed by atoms with E-state index in [1.165, 1.54) is 5.56 Å². The van der Waals surface area contributed by atoms with Crippen LogP contribution in [-0.2, 0) is 13.6 Å². The van der Waals surface area contributed by atoms with Crippen molar-refractivity contribution in [2.45, 2.75) is 26.4 Å². The molecule has 1 atom stereocenters. The average molecular weight is 269 g/mol. The zero-order valence-corrected chi connectivity index (χ0v) is 12.0. The Morgan fingerprint density at radius 2 is 2.15 bits per heavy atom. The van der Waals surface area contributed by atoms with E-state index in [2.05, 4.69) is 41.7 Å². The zero-order chi connectivity index (χ0) is 14.3. The van der Waals surface area contributed by atoms with E-state index in [1.807, 2.05) is 13.2 Å². The summed E-state index contributed by atoms with van der Waals surface area (Å²) in [6.07, 6.45) is 3.74. The van der Waals surface area contributed by atoms with Crippen LogP contribution in [-0.4, -0.2) is 19.3 Å². The summed E-state index contributed by atoms with van der Waals surface area (Å²) in [6, 6.07) is 6.06. The Morgan fingerprint density at radius 1 is 1.35 bits per heavy atom. The predicted molar refractivity (Wildman–Crippen MR) is 79.4 cm³/mol. The fourth-order valence-corrected chi connectivity index (χ4v) is 2.58. The lowest BCUT2D eigenvalue weighted by molar-refractivity contribution is 0.670. The highest BCUT2D eigenvalue weighted by Crippen LogP contribution is 2.24. The van der Waals surface area contributed by atoms with Gasteiger partial charge in [0.15, 0.2) is 0 Å². The first-order valence-corrected chi connectivity index (χ1v) is 6.81. The molecular weight excluding hydrogens is 250 g/mol. The Bertz CT molecular complexity index is 753. The molecule has 0 aliphatic rings. The van der Waals surface area contributed by atoms with Crippen molar-refractivity contribution in [3.05, 3.63) is 47.5 Å². The minimum Gasteiger partial charge on any atom is -0.327 e. The predicted octanol–water partition coefficient (Wildman–Crippen LogP) is 2.15. The highest BCUT2D eigenvalue weighted by atomic mass is 15.2. The SMILES string of the molecule is CCn1c(C(N)c2cnn(C)c2)nc2cc(C)ccc21. The number of hydrogen-bond acceptors (Lipinski definition) is 3. The molecule has 5 nitrogen and oxygen atoms in total. The summed E-state index contributed by atoms with van der Waals surface area (Å²) in [5.41, 5.74) is 10.7. The smallest absolute Gasteiger partial charge is 0.131 e. The van der Waals surface area contributed by atoms with Gasteiger partial charge in [-0.25, -0.2) is 4.98 Å². The number of aromatic nitrogens is 4. The molecule has 0 saturated carbocycles. The molecule has 0 aliphatic carbocycles. The average Bonchev–Trinajstić information content (AvgIpc) is 3.00. The van der Waals surface area contributed by atoms with E-state index in [0.717, 1.165) is 29.0 Å². The Morgan fingerprint density at radius 3 is 2.80 bits per heavy atom. The van der Waals surface area contributed by atoms with Crippen LogP contribution in [0.5, 0.6) is 0 Å². The van der Waals surface area contributed by atoms with Gasteiger partial charge in [0.05, 0.1) is 23.3 Å². The maximum Gasteiger partial charge on any atom is 0.131 e. The molecule has 5 heteroatoms. The molecule has 1 unspecified atom stereocenters. The monoisotopic (exact) mass is 269 g/mol. The third kappa shape index (κ3) is 2.00. The molecule has 0 fully saturated rings. The summed E-state index contributed by atoms with van der Waals surface area (Å²) < 4.78 is 3.94. The van der Waals surface area contributed by atoms with Crippen LogP contribution in [0.15, 0.2) is 30.6 Å². The van der Waals surface area contributed by atoms with Crippen LogP contribution >= 0.6 is 0 Å². The maximum absolute atomic E-state index is 6.37. The van der Waals surface area contributed by atoms with Gasteiger partial charge >= 0.3 is 0 Å². The van der Waals surface area contributed by atoms with E-state index in [1.54, 1.807) is 10.9 Å².